The van der Waals surface area contributed by atoms with Crippen LogP contribution in [0, 0.1) is 6.92 Å². The van der Waals surface area contributed by atoms with Crippen molar-refractivity contribution in [1.82, 2.24) is 10.1 Å². The van der Waals surface area contributed by atoms with Gasteiger partial charge in [-0.2, -0.15) is 0 Å². The number of likely N-dealkylation sites (tertiary alicyclic amines) is 1. The van der Waals surface area contributed by atoms with Crippen molar-refractivity contribution < 1.29 is 9.32 Å². The van der Waals surface area contributed by atoms with Crippen LogP contribution in [0.25, 0.3) is 0 Å². The topological polar surface area (TPSA) is 46.3 Å². The summed E-state index contributed by atoms with van der Waals surface area (Å²) < 4.78 is 5.40. The van der Waals surface area contributed by atoms with Gasteiger partial charge in [0.25, 0.3) is 0 Å². The van der Waals surface area contributed by atoms with Crippen LogP contribution in [-0.2, 0) is 24.1 Å². The summed E-state index contributed by atoms with van der Waals surface area (Å²) in [6, 6.07) is 8.55. The van der Waals surface area contributed by atoms with Crippen LogP contribution in [0.1, 0.15) is 53.4 Å². The Kier molecular flexibility index (Phi) is 3.68. The number of fused-ring (bicyclic) bond motifs is 1. The number of rotatable bonds is 3. The molecule has 4 heteroatoms. The fourth-order valence-electron chi connectivity index (χ4n) is 3.91. The first kappa shape index (κ1) is 14.5. The highest BCUT2D eigenvalue weighted by Crippen LogP contribution is 2.33. The molecule has 1 atom stereocenters. The van der Waals surface area contributed by atoms with Gasteiger partial charge in [-0.3, -0.25) is 4.79 Å². The number of amides is 1. The van der Waals surface area contributed by atoms with E-state index in [9.17, 15) is 4.79 Å². The quantitative estimate of drug-likeness (QED) is 0.873. The van der Waals surface area contributed by atoms with E-state index in [1.165, 1.54) is 24.0 Å². The van der Waals surface area contributed by atoms with Crippen molar-refractivity contribution in [3.8, 4) is 0 Å². The zero-order valence-electron chi connectivity index (χ0n) is 13.5. The largest absolute Gasteiger partial charge is 0.359 e. The van der Waals surface area contributed by atoms with Gasteiger partial charge >= 0.3 is 0 Å². The average Bonchev–Trinajstić information content (AvgIpc) is 3.26. The van der Waals surface area contributed by atoms with E-state index < -0.39 is 0 Å². The van der Waals surface area contributed by atoms with Gasteiger partial charge in [0.15, 0.2) is 5.76 Å². The lowest BCUT2D eigenvalue weighted by molar-refractivity contribution is -0.131. The summed E-state index contributed by atoms with van der Waals surface area (Å²) in [5.74, 6) is 1.02. The molecular formula is C19H22N2O2. The Morgan fingerprint density at radius 1 is 1.26 bits per heavy atom. The molecule has 1 aromatic carbocycles. The van der Waals surface area contributed by atoms with Gasteiger partial charge in [-0.1, -0.05) is 23.4 Å². The molecule has 0 spiro atoms. The van der Waals surface area contributed by atoms with Crippen molar-refractivity contribution in [3.63, 3.8) is 0 Å². The normalized spacial score (nSPS) is 20.0. The summed E-state index contributed by atoms with van der Waals surface area (Å²) in [5, 5.41) is 3.97. The number of hydrogen-bond donors (Lipinski definition) is 0. The summed E-state index contributed by atoms with van der Waals surface area (Å²) >= 11 is 0. The fourth-order valence-corrected chi connectivity index (χ4v) is 3.91. The standard InChI is InChI=1S/C19H22N2O2/c1-13-10-18(23-20-13)17-6-3-9-21(17)19(22)12-14-7-8-15-4-2-5-16(15)11-14/h7-8,10-11,17H,2-6,9,12H2,1H3. The molecule has 0 N–H and O–H groups in total. The maximum absolute atomic E-state index is 12.8. The lowest BCUT2D eigenvalue weighted by Crippen LogP contribution is -2.31. The van der Waals surface area contributed by atoms with Crippen molar-refractivity contribution in [2.24, 2.45) is 0 Å². The van der Waals surface area contributed by atoms with E-state index in [0.717, 1.165) is 42.8 Å². The first-order valence-electron chi connectivity index (χ1n) is 8.54. The first-order chi connectivity index (χ1) is 11.2. The zero-order valence-corrected chi connectivity index (χ0v) is 13.5. The third-order valence-corrected chi connectivity index (χ3v) is 5.07. The number of aromatic nitrogens is 1. The molecule has 0 bridgehead atoms. The van der Waals surface area contributed by atoms with Crippen molar-refractivity contribution in [3.05, 3.63) is 52.4 Å². The number of carbonyl (C=O) groups is 1. The SMILES string of the molecule is Cc1cc(C2CCCN2C(=O)Cc2ccc3c(c2)CCC3)on1. The number of carbonyl (C=O) groups excluding carboxylic acids is 1. The molecule has 1 aliphatic carbocycles. The number of aryl methyl sites for hydroxylation is 3. The van der Waals surface area contributed by atoms with Gasteiger partial charge in [-0.05, 0) is 55.7 Å². The minimum atomic E-state index is 0.0538. The van der Waals surface area contributed by atoms with Gasteiger partial charge in [0.2, 0.25) is 5.91 Å². The molecule has 2 aromatic rings. The Hall–Kier alpha value is -2.10. The maximum atomic E-state index is 12.8. The molecule has 2 heterocycles. The van der Waals surface area contributed by atoms with Crippen molar-refractivity contribution in [2.45, 2.75) is 51.5 Å². The molecule has 1 unspecified atom stereocenters. The summed E-state index contributed by atoms with van der Waals surface area (Å²) in [6.45, 7) is 2.73. The van der Waals surface area contributed by atoms with Crippen LogP contribution in [0.4, 0.5) is 0 Å². The second-order valence-electron chi connectivity index (χ2n) is 6.75. The van der Waals surface area contributed by atoms with Crippen LogP contribution in [0.15, 0.2) is 28.8 Å². The van der Waals surface area contributed by atoms with E-state index in [1.54, 1.807) is 0 Å². The highest BCUT2D eigenvalue weighted by atomic mass is 16.5. The smallest absolute Gasteiger partial charge is 0.227 e. The highest BCUT2D eigenvalue weighted by molar-refractivity contribution is 5.79. The maximum Gasteiger partial charge on any atom is 0.227 e. The summed E-state index contributed by atoms with van der Waals surface area (Å²) in [6.07, 6.45) is 6.05. The van der Waals surface area contributed by atoms with Crippen LogP contribution < -0.4 is 0 Å². The van der Waals surface area contributed by atoms with E-state index in [1.807, 2.05) is 17.9 Å². The van der Waals surface area contributed by atoms with Gasteiger partial charge in [-0.25, -0.2) is 0 Å². The molecule has 23 heavy (non-hydrogen) atoms. The molecule has 0 saturated carbocycles. The van der Waals surface area contributed by atoms with Gasteiger partial charge in [-0.15, -0.1) is 0 Å². The molecule has 1 amide bonds. The second-order valence-corrected chi connectivity index (χ2v) is 6.75. The first-order valence-corrected chi connectivity index (χ1v) is 8.54. The van der Waals surface area contributed by atoms with Gasteiger partial charge in [0.1, 0.15) is 0 Å². The van der Waals surface area contributed by atoms with E-state index in [4.69, 9.17) is 4.52 Å². The lowest BCUT2D eigenvalue weighted by atomic mass is 10.0. The molecule has 1 fully saturated rings. The van der Waals surface area contributed by atoms with Crippen LogP contribution in [0.3, 0.4) is 0 Å². The Balaban J connectivity index is 1.50. The fraction of sp³-hybridized carbons (Fsp3) is 0.474. The van der Waals surface area contributed by atoms with Crippen molar-refractivity contribution in [1.29, 1.82) is 0 Å². The predicted octanol–water partition coefficient (Wildman–Crippen LogP) is 3.38. The van der Waals surface area contributed by atoms with Crippen LogP contribution in [0.5, 0.6) is 0 Å². The molecule has 4 nitrogen and oxygen atoms in total. The van der Waals surface area contributed by atoms with Gasteiger partial charge in [0.05, 0.1) is 18.2 Å². The summed E-state index contributed by atoms with van der Waals surface area (Å²) in [4.78, 5) is 14.7. The van der Waals surface area contributed by atoms with E-state index in [-0.39, 0.29) is 11.9 Å². The lowest BCUT2D eigenvalue weighted by Gasteiger charge is -2.22. The molecule has 1 aliphatic heterocycles. The Morgan fingerprint density at radius 2 is 2.13 bits per heavy atom. The van der Waals surface area contributed by atoms with Crippen LogP contribution in [0.2, 0.25) is 0 Å². The summed E-state index contributed by atoms with van der Waals surface area (Å²) in [7, 11) is 0. The molecule has 0 radical (unpaired) electrons. The van der Waals surface area contributed by atoms with Crippen LogP contribution in [-0.4, -0.2) is 22.5 Å². The zero-order chi connectivity index (χ0) is 15.8. The molecule has 1 saturated heterocycles. The predicted molar refractivity (Wildman–Crippen MR) is 87.1 cm³/mol. The molecule has 1 aromatic heterocycles. The Bertz CT molecular complexity index is 735. The minimum Gasteiger partial charge on any atom is -0.359 e. The number of hydrogen-bond acceptors (Lipinski definition) is 3. The number of nitrogens with zero attached hydrogens (tertiary/aromatic N) is 2. The molecule has 120 valence electrons. The van der Waals surface area contributed by atoms with E-state index in [2.05, 4.69) is 23.4 Å². The van der Waals surface area contributed by atoms with E-state index >= 15 is 0 Å². The van der Waals surface area contributed by atoms with E-state index in [0.29, 0.717) is 6.42 Å². The third kappa shape index (κ3) is 2.78. The highest BCUT2D eigenvalue weighted by Gasteiger charge is 2.32. The summed E-state index contributed by atoms with van der Waals surface area (Å²) in [5.41, 5.74) is 4.89. The number of benzene rings is 1. The monoisotopic (exact) mass is 310 g/mol. The van der Waals surface area contributed by atoms with Crippen molar-refractivity contribution in [2.75, 3.05) is 6.54 Å². The van der Waals surface area contributed by atoms with Crippen LogP contribution >= 0.6 is 0 Å². The molecule has 2 aliphatic rings. The minimum absolute atomic E-state index is 0.0538. The van der Waals surface area contributed by atoms with Gasteiger partial charge in [0, 0.05) is 12.6 Å². The Labute approximate surface area is 136 Å². The van der Waals surface area contributed by atoms with Crippen molar-refractivity contribution >= 4 is 5.91 Å². The molecule has 4 rings (SSSR count). The average molecular weight is 310 g/mol. The molecular weight excluding hydrogens is 288 g/mol. The second kappa shape index (κ2) is 5.84. The van der Waals surface area contributed by atoms with Gasteiger partial charge < -0.3 is 9.42 Å². The Morgan fingerprint density at radius 3 is 2.96 bits per heavy atom. The third-order valence-electron chi connectivity index (χ3n) is 5.07.